The molecule has 66 valence electrons. The second-order valence-electron chi connectivity index (χ2n) is 2.77. The van der Waals surface area contributed by atoms with Crippen LogP contribution in [0.3, 0.4) is 0 Å². The molecule has 1 nitrogen and oxygen atoms in total. The highest BCUT2D eigenvalue weighted by atomic mass is 32.1. The largest absolute Gasteiger partial charge is 0.244 e. The first-order valence-electron chi connectivity index (χ1n) is 3.93. The molecule has 0 aliphatic rings. The molecule has 0 atom stereocenters. The minimum atomic E-state index is -0.218. The van der Waals surface area contributed by atoms with E-state index in [0.717, 1.165) is 16.1 Å². The zero-order valence-corrected chi connectivity index (χ0v) is 7.94. The van der Waals surface area contributed by atoms with E-state index in [4.69, 9.17) is 0 Å². The van der Waals surface area contributed by atoms with E-state index in [9.17, 15) is 4.39 Å². The summed E-state index contributed by atoms with van der Waals surface area (Å²) in [6.45, 7) is 1.98. The highest BCUT2D eigenvalue weighted by Crippen LogP contribution is 2.24. The van der Waals surface area contributed by atoms with Gasteiger partial charge in [0, 0.05) is 10.4 Å². The maximum atomic E-state index is 12.9. The molecule has 0 unspecified atom stereocenters. The summed E-state index contributed by atoms with van der Waals surface area (Å²) in [5.74, 6) is -0.218. The van der Waals surface area contributed by atoms with Gasteiger partial charge < -0.3 is 0 Å². The normalized spacial score (nSPS) is 10.3. The van der Waals surface area contributed by atoms with Gasteiger partial charge in [-0.05, 0) is 19.1 Å². The number of benzene rings is 1. The predicted octanol–water partition coefficient (Wildman–Crippen LogP) is 3.26. The van der Waals surface area contributed by atoms with Gasteiger partial charge in [0.2, 0.25) is 0 Å². The molecule has 1 aromatic heterocycles. The van der Waals surface area contributed by atoms with Crippen molar-refractivity contribution in [2.45, 2.75) is 6.92 Å². The minimum Gasteiger partial charge on any atom is -0.244 e. The van der Waals surface area contributed by atoms with E-state index < -0.39 is 0 Å². The van der Waals surface area contributed by atoms with Gasteiger partial charge in [0.05, 0.1) is 11.2 Å². The maximum Gasteiger partial charge on any atom is 0.123 e. The van der Waals surface area contributed by atoms with Gasteiger partial charge in [-0.2, -0.15) is 0 Å². The van der Waals surface area contributed by atoms with Gasteiger partial charge in [-0.1, -0.05) is 12.1 Å². The van der Waals surface area contributed by atoms with Gasteiger partial charge >= 0.3 is 0 Å². The van der Waals surface area contributed by atoms with Gasteiger partial charge in [0.25, 0.3) is 0 Å². The highest BCUT2D eigenvalue weighted by molar-refractivity contribution is 7.10. The molecule has 0 saturated carbocycles. The van der Waals surface area contributed by atoms with Gasteiger partial charge in [-0.15, -0.1) is 11.3 Å². The van der Waals surface area contributed by atoms with E-state index in [1.807, 2.05) is 13.0 Å². The predicted molar refractivity (Wildman–Crippen MR) is 52.2 cm³/mol. The molecule has 0 aliphatic carbocycles. The molecule has 0 N–H and O–H groups in total. The lowest BCUT2D eigenvalue weighted by Crippen LogP contribution is -1.81. The van der Waals surface area contributed by atoms with Crippen LogP contribution in [0, 0.1) is 12.7 Å². The average molecular weight is 193 g/mol. The van der Waals surface area contributed by atoms with Crippen LogP contribution in [-0.2, 0) is 0 Å². The van der Waals surface area contributed by atoms with Crippen LogP contribution in [0.4, 0.5) is 4.39 Å². The molecule has 13 heavy (non-hydrogen) atoms. The Morgan fingerprint density at radius 2 is 2.23 bits per heavy atom. The van der Waals surface area contributed by atoms with Crippen LogP contribution in [0.5, 0.6) is 0 Å². The summed E-state index contributed by atoms with van der Waals surface area (Å²) in [4.78, 5) is 5.30. The molecule has 3 heteroatoms. The molecule has 1 aromatic carbocycles. The molecule has 0 bridgehead atoms. The smallest absolute Gasteiger partial charge is 0.123 e. The topological polar surface area (TPSA) is 12.9 Å². The van der Waals surface area contributed by atoms with Gasteiger partial charge in [-0.25, -0.2) is 9.37 Å². The number of hydrogen-bond donors (Lipinski definition) is 0. The maximum absolute atomic E-state index is 12.9. The van der Waals surface area contributed by atoms with Crippen molar-refractivity contribution in [3.8, 4) is 11.3 Å². The molecule has 0 fully saturated rings. The Bertz CT molecular complexity index is 422. The minimum absolute atomic E-state index is 0.218. The molecule has 1 heterocycles. The molecular formula is C10H8FNS. The van der Waals surface area contributed by atoms with Gasteiger partial charge in [0.15, 0.2) is 0 Å². The highest BCUT2D eigenvalue weighted by Gasteiger charge is 2.04. The number of rotatable bonds is 1. The first-order valence-corrected chi connectivity index (χ1v) is 4.81. The van der Waals surface area contributed by atoms with Crippen LogP contribution in [0.15, 0.2) is 29.8 Å². The lowest BCUT2D eigenvalue weighted by Gasteiger charge is -1.97. The Balaban J connectivity index is 2.53. The molecule has 2 aromatic rings. The summed E-state index contributed by atoms with van der Waals surface area (Å²) < 4.78 is 12.9. The van der Waals surface area contributed by atoms with Crippen molar-refractivity contribution in [2.24, 2.45) is 0 Å². The quantitative estimate of drug-likeness (QED) is 0.677. The summed E-state index contributed by atoms with van der Waals surface area (Å²) in [6.07, 6.45) is 0. The van der Waals surface area contributed by atoms with E-state index in [-0.39, 0.29) is 5.82 Å². The zero-order valence-electron chi connectivity index (χ0n) is 7.12. The first kappa shape index (κ1) is 8.38. The van der Waals surface area contributed by atoms with Crippen molar-refractivity contribution in [3.63, 3.8) is 0 Å². The number of hydrogen-bond acceptors (Lipinski definition) is 2. The molecule has 0 saturated heterocycles. The van der Waals surface area contributed by atoms with E-state index in [1.54, 1.807) is 22.9 Å². The molecule has 0 aliphatic heterocycles. The average Bonchev–Trinajstić information content (AvgIpc) is 2.51. The van der Waals surface area contributed by atoms with E-state index in [0.29, 0.717) is 0 Å². The number of nitrogens with zero attached hydrogens (tertiary/aromatic N) is 1. The second-order valence-corrected chi connectivity index (χ2v) is 3.83. The van der Waals surface area contributed by atoms with Crippen LogP contribution in [-0.4, -0.2) is 4.98 Å². The molecule has 2 rings (SSSR count). The van der Waals surface area contributed by atoms with E-state index >= 15 is 0 Å². The molecule has 0 radical (unpaired) electrons. The standard InChI is InChI=1S/C10H8FNS/c1-7-10(12-6-13-7)8-3-2-4-9(11)5-8/h2-6H,1H3. The fraction of sp³-hybridized carbons (Fsp3) is 0.100. The SMILES string of the molecule is Cc1scnc1-c1cccc(F)c1. The summed E-state index contributed by atoms with van der Waals surface area (Å²) in [6, 6.07) is 6.50. The summed E-state index contributed by atoms with van der Waals surface area (Å²) in [5, 5.41) is 0. The number of thiazole rings is 1. The Hall–Kier alpha value is -1.22. The lowest BCUT2D eigenvalue weighted by molar-refractivity contribution is 0.628. The number of halogens is 1. The van der Waals surface area contributed by atoms with Crippen molar-refractivity contribution in [1.82, 2.24) is 4.98 Å². The third kappa shape index (κ3) is 1.60. The van der Waals surface area contributed by atoms with Crippen molar-refractivity contribution in [3.05, 3.63) is 40.5 Å². The first-order chi connectivity index (χ1) is 6.27. The third-order valence-electron chi connectivity index (χ3n) is 1.84. The third-order valence-corrected chi connectivity index (χ3v) is 2.60. The molecular weight excluding hydrogens is 185 g/mol. The van der Waals surface area contributed by atoms with Crippen molar-refractivity contribution >= 4 is 11.3 Å². The Labute approximate surface area is 79.9 Å². The van der Waals surface area contributed by atoms with E-state index in [1.165, 1.54) is 12.1 Å². The van der Waals surface area contributed by atoms with Crippen LogP contribution in [0.2, 0.25) is 0 Å². The number of aromatic nitrogens is 1. The van der Waals surface area contributed by atoms with Crippen LogP contribution >= 0.6 is 11.3 Å². The summed E-state index contributed by atoms with van der Waals surface area (Å²) in [7, 11) is 0. The van der Waals surface area contributed by atoms with E-state index in [2.05, 4.69) is 4.98 Å². The van der Waals surface area contributed by atoms with Crippen LogP contribution < -0.4 is 0 Å². The van der Waals surface area contributed by atoms with Crippen molar-refractivity contribution < 1.29 is 4.39 Å². The van der Waals surface area contributed by atoms with Crippen molar-refractivity contribution in [1.29, 1.82) is 0 Å². The Morgan fingerprint density at radius 1 is 1.38 bits per heavy atom. The monoisotopic (exact) mass is 193 g/mol. The molecule has 0 amide bonds. The zero-order chi connectivity index (χ0) is 9.26. The van der Waals surface area contributed by atoms with Gasteiger partial charge in [0.1, 0.15) is 5.82 Å². The second kappa shape index (κ2) is 3.26. The fourth-order valence-corrected chi connectivity index (χ4v) is 1.82. The molecule has 0 spiro atoms. The van der Waals surface area contributed by atoms with Crippen LogP contribution in [0.25, 0.3) is 11.3 Å². The lowest BCUT2D eigenvalue weighted by atomic mass is 10.1. The number of aryl methyl sites for hydroxylation is 1. The van der Waals surface area contributed by atoms with Crippen LogP contribution in [0.1, 0.15) is 4.88 Å². The fourth-order valence-electron chi connectivity index (χ4n) is 1.22. The summed E-state index contributed by atoms with van der Waals surface area (Å²) in [5.41, 5.74) is 3.50. The summed E-state index contributed by atoms with van der Waals surface area (Å²) >= 11 is 1.57. The Kier molecular flexibility index (Phi) is 2.10. The Morgan fingerprint density at radius 3 is 2.85 bits per heavy atom. The van der Waals surface area contributed by atoms with Gasteiger partial charge in [-0.3, -0.25) is 0 Å². The van der Waals surface area contributed by atoms with Crippen molar-refractivity contribution in [2.75, 3.05) is 0 Å².